The van der Waals surface area contributed by atoms with E-state index in [0.29, 0.717) is 12.0 Å². The van der Waals surface area contributed by atoms with Crippen molar-refractivity contribution in [2.75, 3.05) is 6.54 Å². The molecule has 17 heavy (non-hydrogen) atoms. The average molecular weight is 233 g/mol. The lowest BCUT2D eigenvalue weighted by atomic mass is 10.0. The predicted octanol–water partition coefficient (Wildman–Crippen LogP) is 2.98. The molecule has 1 fully saturated rings. The highest BCUT2D eigenvalue weighted by atomic mass is 15.0. The summed E-state index contributed by atoms with van der Waals surface area (Å²) in [7, 11) is 0. The molecule has 1 aliphatic heterocycles. The van der Waals surface area contributed by atoms with E-state index in [9.17, 15) is 0 Å². The maximum atomic E-state index is 4.73. The van der Waals surface area contributed by atoms with Gasteiger partial charge >= 0.3 is 0 Å². The largest absolute Gasteiger partial charge is 0.307 e. The van der Waals surface area contributed by atoms with Gasteiger partial charge in [0.05, 0.1) is 6.04 Å². The SMILES string of the molecule is CCc1cc(C(C)C)nc(C2CCCCN2)n1. The molecule has 0 radical (unpaired) electrons. The lowest BCUT2D eigenvalue weighted by molar-refractivity contribution is 0.395. The molecule has 1 saturated heterocycles. The first-order valence-electron chi connectivity index (χ1n) is 6.81. The van der Waals surface area contributed by atoms with Crippen molar-refractivity contribution in [3.05, 3.63) is 23.3 Å². The standard InChI is InChI=1S/C14H23N3/c1-4-11-9-13(10(2)3)17-14(16-11)12-7-5-6-8-15-12/h9-10,12,15H,4-8H2,1-3H3. The third-order valence-electron chi connectivity index (χ3n) is 3.39. The minimum Gasteiger partial charge on any atom is -0.307 e. The number of hydrogen-bond acceptors (Lipinski definition) is 3. The molecular weight excluding hydrogens is 210 g/mol. The van der Waals surface area contributed by atoms with Crippen LogP contribution in [-0.2, 0) is 6.42 Å². The Hall–Kier alpha value is -0.960. The van der Waals surface area contributed by atoms with Crippen molar-refractivity contribution in [1.82, 2.24) is 15.3 Å². The fourth-order valence-corrected chi connectivity index (χ4v) is 2.24. The van der Waals surface area contributed by atoms with Crippen LogP contribution in [0.3, 0.4) is 0 Å². The van der Waals surface area contributed by atoms with Gasteiger partial charge in [-0.15, -0.1) is 0 Å². The normalized spacial score (nSPS) is 20.8. The van der Waals surface area contributed by atoms with E-state index in [0.717, 1.165) is 18.8 Å². The monoisotopic (exact) mass is 233 g/mol. The van der Waals surface area contributed by atoms with Crippen molar-refractivity contribution in [3.63, 3.8) is 0 Å². The van der Waals surface area contributed by atoms with E-state index >= 15 is 0 Å². The molecule has 1 unspecified atom stereocenters. The van der Waals surface area contributed by atoms with Crippen LogP contribution in [0.1, 0.15) is 69.2 Å². The smallest absolute Gasteiger partial charge is 0.145 e. The van der Waals surface area contributed by atoms with Crippen LogP contribution in [0.5, 0.6) is 0 Å². The highest BCUT2D eigenvalue weighted by molar-refractivity contribution is 5.16. The molecule has 0 amide bonds. The molecule has 0 bridgehead atoms. The van der Waals surface area contributed by atoms with Crippen LogP contribution in [0.15, 0.2) is 6.07 Å². The highest BCUT2D eigenvalue weighted by Crippen LogP contribution is 2.22. The number of piperidine rings is 1. The summed E-state index contributed by atoms with van der Waals surface area (Å²) in [6, 6.07) is 2.52. The molecular formula is C14H23N3. The Balaban J connectivity index is 2.28. The number of hydrogen-bond donors (Lipinski definition) is 1. The molecule has 1 atom stereocenters. The van der Waals surface area contributed by atoms with Crippen LogP contribution in [0.25, 0.3) is 0 Å². The van der Waals surface area contributed by atoms with Crippen LogP contribution in [0.2, 0.25) is 0 Å². The topological polar surface area (TPSA) is 37.8 Å². The summed E-state index contributed by atoms with van der Waals surface area (Å²) in [6.07, 6.45) is 4.72. The van der Waals surface area contributed by atoms with Crippen molar-refractivity contribution in [2.24, 2.45) is 0 Å². The number of rotatable bonds is 3. The van der Waals surface area contributed by atoms with Crippen molar-refractivity contribution >= 4 is 0 Å². The number of nitrogens with one attached hydrogen (secondary N) is 1. The zero-order valence-corrected chi connectivity index (χ0v) is 11.2. The van der Waals surface area contributed by atoms with E-state index in [1.165, 1.54) is 30.7 Å². The molecule has 0 aromatic carbocycles. The summed E-state index contributed by atoms with van der Waals surface area (Å²) < 4.78 is 0. The fourth-order valence-electron chi connectivity index (χ4n) is 2.24. The minimum absolute atomic E-state index is 0.368. The van der Waals surface area contributed by atoms with Crippen molar-refractivity contribution in [3.8, 4) is 0 Å². The maximum absolute atomic E-state index is 4.73. The van der Waals surface area contributed by atoms with Crippen LogP contribution >= 0.6 is 0 Å². The van der Waals surface area contributed by atoms with Crippen LogP contribution in [0, 0.1) is 0 Å². The Morgan fingerprint density at radius 3 is 2.76 bits per heavy atom. The summed E-state index contributed by atoms with van der Waals surface area (Å²) in [5.41, 5.74) is 2.35. The van der Waals surface area contributed by atoms with Gasteiger partial charge in [-0.05, 0) is 37.8 Å². The van der Waals surface area contributed by atoms with Gasteiger partial charge in [-0.3, -0.25) is 0 Å². The van der Waals surface area contributed by atoms with Gasteiger partial charge in [0.15, 0.2) is 0 Å². The zero-order chi connectivity index (χ0) is 12.3. The van der Waals surface area contributed by atoms with Gasteiger partial charge < -0.3 is 5.32 Å². The van der Waals surface area contributed by atoms with Gasteiger partial charge in [0, 0.05) is 11.4 Å². The van der Waals surface area contributed by atoms with Crippen molar-refractivity contribution < 1.29 is 0 Å². The van der Waals surface area contributed by atoms with Crippen LogP contribution in [-0.4, -0.2) is 16.5 Å². The summed E-state index contributed by atoms with van der Waals surface area (Å²) in [5, 5.41) is 3.53. The van der Waals surface area contributed by atoms with Gasteiger partial charge in [-0.1, -0.05) is 27.2 Å². The Labute approximate surface area is 104 Å². The van der Waals surface area contributed by atoms with E-state index in [4.69, 9.17) is 4.98 Å². The Bertz CT molecular complexity index is 368. The summed E-state index contributed by atoms with van der Waals surface area (Å²) >= 11 is 0. The average Bonchev–Trinajstić information content (AvgIpc) is 2.39. The van der Waals surface area contributed by atoms with Crippen LogP contribution in [0.4, 0.5) is 0 Å². The maximum Gasteiger partial charge on any atom is 0.145 e. The highest BCUT2D eigenvalue weighted by Gasteiger charge is 2.19. The minimum atomic E-state index is 0.368. The third kappa shape index (κ3) is 3.03. The van der Waals surface area contributed by atoms with Crippen molar-refractivity contribution in [1.29, 1.82) is 0 Å². The van der Waals surface area contributed by atoms with E-state index in [1.807, 2.05) is 0 Å². The molecule has 3 heteroatoms. The van der Waals surface area contributed by atoms with Crippen LogP contribution < -0.4 is 5.32 Å². The Morgan fingerprint density at radius 1 is 1.35 bits per heavy atom. The number of nitrogens with zero attached hydrogens (tertiary/aromatic N) is 2. The molecule has 2 rings (SSSR count). The first-order valence-corrected chi connectivity index (χ1v) is 6.81. The quantitative estimate of drug-likeness (QED) is 0.872. The molecule has 0 saturated carbocycles. The molecule has 94 valence electrons. The summed E-state index contributed by atoms with van der Waals surface area (Å²) in [5.74, 6) is 1.48. The lowest BCUT2D eigenvalue weighted by Crippen LogP contribution is -2.29. The summed E-state index contributed by atoms with van der Waals surface area (Å²) in [4.78, 5) is 9.42. The zero-order valence-electron chi connectivity index (χ0n) is 11.2. The van der Waals surface area contributed by atoms with E-state index in [2.05, 4.69) is 37.1 Å². The van der Waals surface area contributed by atoms with Crippen molar-refractivity contribution in [2.45, 2.75) is 58.4 Å². The molecule has 2 heterocycles. The molecule has 0 aliphatic carbocycles. The second-order valence-electron chi connectivity index (χ2n) is 5.15. The molecule has 1 aromatic rings. The summed E-state index contributed by atoms with van der Waals surface area (Å²) in [6.45, 7) is 7.64. The Morgan fingerprint density at radius 2 is 2.18 bits per heavy atom. The van der Waals surface area contributed by atoms with Gasteiger partial charge in [0.1, 0.15) is 5.82 Å². The predicted molar refractivity (Wildman–Crippen MR) is 70.1 cm³/mol. The number of aryl methyl sites for hydroxylation is 1. The first-order chi connectivity index (χ1) is 8.20. The van der Waals surface area contributed by atoms with Gasteiger partial charge in [-0.25, -0.2) is 9.97 Å². The molecule has 1 aliphatic rings. The molecule has 1 N–H and O–H groups in total. The second kappa shape index (κ2) is 5.58. The molecule has 0 spiro atoms. The lowest BCUT2D eigenvalue weighted by Gasteiger charge is -2.23. The number of aromatic nitrogens is 2. The van der Waals surface area contributed by atoms with E-state index < -0.39 is 0 Å². The Kier molecular flexibility index (Phi) is 4.11. The van der Waals surface area contributed by atoms with Gasteiger partial charge in [0.2, 0.25) is 0 Å². The molecule has 3 nitrogen and oxygen atoms in total. The molecule has 1 aromatic heterocycles. The van der Waals surface area contributed by atoms with E-state index in [-0.39, 0.29) is 0 Å². The van der Waals surface area contributed by atoms with E-state index in [1.54, 1.807) is 0 Å². The fraction of sp³-hybridized carbons (Fsp3) is 0.714. The second-order valence-corrected chi connectivity index (χ2v) is 5.15. The van der Waals surface area contributed by atoms with Gasteiger partial charge in [-0.2, -0.15) is 0 Å². The third-order valence-corrected chi connectivity index (χ3v) is 3.39. The van der Waals surface area contributed by atoms with Gasteiger partial charge in [0.25, 0.3) is 0 Å². The first kappa shape index (κ1) is 12.5.